The number of aromatic nitrogens is 3. The Morgan fingerprint density at radius 2 is 2.24 bits per heavy atom. The molecule has 8 nitrogen and oxygen atoms in total. The minimum absolute atomic E-state index is 0.0101. The second kappa shape index (κ2) is 9.06. The van der Waals surface area contributed by atoms with Crippen LogP contribution in [0.15, 0.2) is 6.20 Å². The number of carboxylic acids is 1. The Morgan fingerprint density at radius 3 is 2.81 bits per heavy atom. The number of rotatable bonds is 10. The normalized spacial score (nSPS) is 12.1. The molecule has 21 heavy (non-hydrogen) atoms. The van der Waals surface area contributed by atoms with Gasteiger partial charge in [0.25, 0.3) is 0 Å². The maximum atomic E-state index is 11.7. The van der Waals surface area contributed by atoms with Gasteiger partial charge in [-0.25, -0.2) is 9.48 Å². The monoisotopic (exact) mass is 297 g/mol. The fourth-order valence-corrected chi connectivity index (χ4v) is 2.03. The summed E-state index contributed by atoms with van der Waals surface area (Å²) >= 11 is 0. The van der Waals surface area contributed by atoms with Crippen LogP contribution in [-0.2, 0) is 11.3 Å². The lowest BCUT2D eigenvalue weighted by molar-refractivity contribution is -0.121. The van der Waals surface area contributed by atoms with Crippen LogP contribution in [0.1, 0.15) is 43.1 Å². The van der Waals surface area contributed by atoms with Crippen molar-refractivity contribution in [3.8, 4) is 0 Å². The zero-order chi connectivity index (χ0) is 15.7. The van der Waals surface area contributed by atoms with Crippen molar-refractivity contribution in [3.63, 3.8) is 0 Å². The Bertz CT molecular complexity index is 460. The summed E-state index contributed by atoms with van der Waals surface area (Å²) in [4.78, 5) is 22.3. The van der Waals surface area contributed by atoms with E-state index in [4.69, 9.17) is 10.8 Å². The quantitative estimate of drug-likeness (QED) is 0.568. The van der Waals surface area contributed by atoms with Gasteiger partial charge in [-0.3, -0.25) is 4.79 Å². The molecule has 0 aromatic carbocycles. The molecule has 0 saturated heterocycles. The van der Waals surface area contributed by atoms with Crippen molar-refractivity contribution in [1.82, 2.24) is 20.3 Å². The van der Waals surface area contributed by atoms with E-state index in [1.807, 2.05) is 0 Å². The number of nitrogens with two attached hydrogens (primary N) is 1. The van der Waals surface area contributed by atoms with Crippen LogP contribution in [0.2, 0.25) is 0 Å². The number of carboxylic acid groups (broad SMARTS) is 1. The fourth-order valence-electron chi connectivity index (χ4n) is 2.03. The number of nitrogens with zero attached hydrogens (tertiary/aromatic N) is 3. The van der Waals surface area contributed by atoms with Crippen LogP contribution >= 0.6 is 0 Å². The highest BCUT2D eigenvalue weighted by atomic mass is 16.4. The molecule has 0 aliphatic rings. The van der Waals surface area contributed by atoms with E-state index >= 15 is 0 Å². The van der Waals surface area contributed by atoms with Gasteiger partial charge in [0.05, 0.1) is 12.7 Å². The van der Waals surface area contributed by atoms with Gasteiger partial charge in [0.1, 0.15) is 0 Å². The van der Waals surface area contributed by atoms with E-state index < -0.39 is 5.97 Å². The van der Waals surface area contributed by atoms with Gasteiger partial charge < -0.3 is 16.2 Å². The number of hydrogen-bond donors (Lipinski definition) is 3. The van der Waals surface area contributed by atoms with Crippen molar-refractivity contribution in [3.05, 3.63) is 11.9 Å². The first-order valence-corrected chi connectivity index (χ1v) is 7.17. The van der Waals surface area contributed by atoms with Crippen LogP contribution in [0.25, 0.3) is 0 Å². The summed E-state index contributed by atoms with van der Waals surface area (Å²) in [5, 5.41) is 18.7. The van der Waals surface area contributed by atoms with Gasteiger partial charge in [0, 0.05) is 13.0 Å². The predicted octanol–water partition coefficient (Wildman–Crippen LogP) is 0.248. The number of amides is 1. The largest absolute Gasteiger partial charge is 0.476 e. The van der Waals surface area contributed by atoms with Crippen molar-refractivity contribution in [2.24, 2.45) is 11.7 Å². The minimum atomic E-state index is -1.12. The Hall–Kier alpha value is -1.96. The van der Waals surface area contributed by atoms with Crippen LogP contribution in [0.5, 0.6) is 0 Å². The van der Waals surface area contributed by atoms with Gasteiger partial charge in [0.2, 0.25) is 5.91 Å². The Balaban J connectivity index is 2.22. The molecular formula is C13H23N5O3. The zero-order valence-corrected chi connectivity index (χ0v) is 12.3. The number of hydrogen-bond acceptors (Lipinski definition) is 5. The molecule has 0 spiro atoms. The summed E-state index contributed by atoms with van der Waals surface area (Å²) < 4.78 is 1.40. The van der Waals surface area contributed by atoms with Crippen LogP contribution in [-0.4, -0.2) is 45.1 Å². The molecule has 0 fully saturated rings. The Kier molecular flexibility index (Phi) is 7.38. The highest BCUT2D eigenvalue weighted by Gasteiger charge is 2.10. The molecule has 0 aliphatic heterocycles. The molecule has 4 N–H and O–H groups in total. The molecule has 1 aromatic heterocycles. The summed E-state index contributed by atoms with van der Waals surface area (Å²) in [6.45, 7) is 3.54. The molecular weight excluding hydrogens is 274 g/mol. The van der Waals surface area contributed by atoms with E-state index in [0.717, 1.165) is 19.3 Å². The lowest BCUT2D eigenvalue weighted by Crippen LogP contribution is -2.27. The summed E-state index contributed by atoms with van der Waals surface area (Å²) in [5.74, 6) is -0.631. The first-order valence-electron chi connectivity index (χ1n) is 7.17. The molecule has 1 amide bonds. The van der Waals surface area contributed by atoms with E-state index in [1.165, 1.54) is 10.9 Å². The lowest BCUT2D eigenvalue weighted by atomic mass is 9.96. The number of carbonyl (C=O) groups is 2. The smallest absolute Gasteiger partial charge is 0.358 e. The van der Waals surface area contributed by atoms with Crippen molar-refractivity contribution >= 4 is 11.9 Å². The maximum absolute atomic E-state index is 11.7. The molecule has 0 saturated carbocycles. The van der Waals surface area contributed by atoms with Crippen LogP contribution in [0.3, 0.4) is 0 Å². The van der Waals surface area contributed by atoms with Gasteiger partial charge in [-0.05, 0) is 25.3 Å². The molecule has 0 radical (unpaired) electrons. The molecule has 8 heteroatoms. The fraction of sp³-hybridized carbons (Fsp3) is 0.692. The third-order valence-corrected chi connectivity index (χ3v) is 3.35. The Labute approximate surface area is 123 Å². The van der Waals surface area contributed by atoms with Gasteiger partial charge in [-0.1, -0.05) is 18.6 Å². The van der Waals surface area contributed by atoms with Gasteiger partial charge in [-0.15, -0.1) is 5.10 Å². The minimum Gasteiger partial charge on any atom is -0.476 e. The lowest BCUT2D eigenvalue weighted by Gasteiger charge is -2.13. The zero-order valence-electron chi connectivity index (χ0n) is 12.3. The Morgan fingerprint density at radius 1 is 1.48 bits per heavy atom. The third-order valence-electron chi connectivity index (χ3n) is 3.35. The van der Waals surface area contributed by atoms with Gasteiger partial charge in [-0.2, -0.15) is 0 Å². The number of aromatic carboxylic acids is 1. The first-order chi connectivity index (χ1) is 10.1. The van der Waals surface area contributed by atoms with Crippen LogP contribution < -0.4 is 11.1 Å². The van der Waals surface area contributed by atoms with Crippen LogP contribution in [0, 0.1) is 5.92 Å². The predicted molar refractivity (Wildman–Crippen MR) is 76.7 cm³/mol. The number of carbonyl (C=O) groups excluding carboxylic acids is 1. The van der Waals surface area contributed by atoms with Crippen molar-refractivity contribution in [2.45, 2.75) is 39.2 Å². The molecule has 1 aromatic rings. The van der Waals surface area contributed by atoms with Crippen molar-refractivity contribution in [2.75, 3.05) is 13.1 Å². The molecule has 1 unspecified atom stereocenters. The second-order valence-corrected chi connectivity index (χ2v) is 4.91. The highest BCUT2D eigenvalue weighted by molar-refractivity contribution is 5.84. The topological polar surface area (TPSA) is 123 Å². The molecule has 0 aliphatic carbocycles. The average Bonchev–Trinajstić information content (AvgIpc) is 2.92. The van der Waals surface area contributed by atoms with Gasteiger partial charge >= 0.3 is 5.97 Å². The third kappa shape index (κ3) is 6.35. The summed E-state index contributed by atoms with van der Waals surface area (Å²) in [6.07, 6.45) is 4.63. The maximum Gasteiger partial charge on any atom is 0.358 e. The summed E-state index contributed by atoms with van der Waals surface area (Å²) in [5.41, 5.74) is 5.42. The van der Waals surface area contributed by atoms with E-state index in [1.54, 1.807) is 0 Å². The van der Waals surface area contributed by atoms with E-state index in [0.29, 0.717) is 32.0 Å². The van der Waals surface area contributed by atoms with E-state index in [2.05, 4.69) is 22.6 Å². The molecule has 1 rings (SSSR count). The SMILES string of the molecule is CCC(CCN)CCC(=O)NCCn1cc(C(=O)O)nn1. The van der Waals surface area contributed by atoms with Crippen molar-refractivity contribution in [1.29, 1.82) is 0 Å². The first kappa shape index (κ1) is 17.1. The number of nitrogens with one attached hydrogen (secondary N) is 1. The molecule has 1 atom stereocenters. The highest BCUT2D eigenvalue weighted by Crippen LogP contribution is 2.14. The second-order valence-electron chi connectivity index (χ2n) is 4.91. The van der Waals surface area contributed by atoms with E-state index in [-0.39, 0.29) is 11.6 Å². The average molecular weight is 297 g/mol. The summed E-state index contributed by atoms with van der Waals surface area (Å²) in [6, 6.07) is 0. The molecule has 0 bridgehead atoms. The standard InChI is InChI=1S/C13H23N5O3/c1-2-10(5-6-14)3-4-12(19)15-7-8-18-9-11(13(20)21)16-17-18/h9-10H,2-8,14H2,1H3,(H,15,19)(H,20,21). The van der Waals surface area contributed by atoms with E-state index in [9.17, 15) is 9.59 Å². The summed E-state index contributed by atoms with van der Waals surface area (Å²) in [7, 11) is 0. The molecule has 118 valence electrons. The molecule has 1 heterocycles. The van der Waals surface area contributed by atoms with Crippen LogP contribution in [0.4, 0.5) is 0 Å². The van der Waals surface area contributed by atoms with Gasteiger partial charge in [0.15, 0.2) is 5.69 Å². The van der Waals surface area contributed by atoms with Crippen molar-refractivity contribution < 1.29 is 14.7 Å².